The molecule has 1 atom stereocenters. The summed E-state index contributed by atoms with van der Waals surface area (Å²) in [6.45, 7) is 5.03. The minimum absolute atomic E-state index is 0.165. The Labute approximate surface area is 161 Å². The zero-order valence-electron chi connectivity index (χ0n) is 15.8. The molecule has 27 heavy (non-hydrogen) atoms. The van der Waals surface area contributed by atoms with Gasteiger partial charge in [-0.3, -0.25) is 4.79 Å². The van der Waals surface area contributed by atoms with Crippen LogP contribution in [0.3, 0.4) is 0 Å². The molecular weight excluding hydrogens is 360 g/mol. The van der Waals surface area contributed by atoms with Gasteiger partial charge in [0.2, 0.25) is 15.9 Å². The van der Waals surface area contributed by atoms with E-state index in [1.54, 1.807) is 12.1 Å². The highest BCUT2D eigenvalue weighted by molar-refractivity contribution is 7.89. The number of nitrogens with one attached hydrogen (secondary N) is 1. The zero-order chi connectivity index (χ0) is 19.4. The van der Waals surface area contributed by atoms with Gasteiger partial charge in [0.1, 0.15) is 0 Å². The Balaban J connectivity index is 1.76. The lowest BCUT2D eigenvalue weighted by molar-refractivity contribution is -0.132. The smallest absolute Gasteiger partial charge is 0.241 e. The van der Waals surface area contributed by atoms with Gasteiger partial charge in [0, 0.05) is 25.6 Å². The van der Waals surface area contributed by atoms with Gasteiger partial charge in [-0.25, -0.2) is 13.1 Å². The average Bonchev–Trinajstić information content (AvgIpc) is 2.67. The summed E-state index contributed by atoms with van der Waals surface area (Å²) in [6, 6.07) is 14.4. The molecule has 3 rings (SSSR count). The number of hydrogen-bond donors (Lipinski definition) is 1. The Kier molecular flexibility index (Phi) is 5.97. The van der Waals surface area contributed by atoms with Crippen molar-refractivity contribution in [1.82, 2.24) is 9.62 Å². The van der Waals surface area contributed by atoms with E-state index in [4.69, 9.17) is 0 Å². The molecule has 2 aromatic carbocycles. The van der Waals surface area contributed by atoms with E-state index < -0.39 is 10.0 Å². The van der Waals surface area contributed by atoms with Gasteiger partial charge in [-0.2, -0.15) is 0 Å². The highest BCUT2D eigenvalue weighted by Crippen LogP contribution is 2.24. The van der Waals surface area contributed by atoms with E-state index >= 15 is 0 Å². The maximum Gasteiger partial charge on any atom is 0.241 e. The van der Waals surface area contributed by atoms with Crippen molar-refractivity contribution < 1.29 is 13.2 Å². The first-order chi connectivity index (χ1) is 12.9. The fraction of sp³-hybridized carbons (Fsp3) is 0.381. The number of carbonyl (C=O) groups excluding carboxylic acids is 1. The van der Waals surface area contributed by atoms with Gasteiger partial charge in [0.25, 0.3) is 0 Å². The summed E-state index contributed by atoms with van der Waals surface area (Å²) in [5.41, 5.74) is 2.95. The standard InChI is InChI=1S/C21H26N2O3S/c1-3-7-21(24)23-13-12-18-14-20(11-10-19(18)15-23)27(25,26)22-16(2)17-8-5-4-6-9-17/h4-6,8-11,14,16,22H,3,7,12-13,15H2,1-2H3/t16-/m0/s1. The minimum atomic E-state index is -3.61. The van der Waals surface area contributed by atoms with Crippen LogP contribution in [0.1, 0.15) is 49.4 Å². The molecular formula is C21H26N2O3S. The van der Waals surface area contributed by atoms with Crippen LogP contribution in [0, 0.1) is 0 Å². The van der Waals surface area contributed by atoms with Crippen LogP contribution in [0.15, 0.2) is 53.4 Å². The zero-order valence-corrected chi connectivity index (χ0v) is 16.6. The summed E-state index contributed by atoms with van der Waals surface area (Å²) in [4.78, 5) is 14.2. The molecule has 1 aliphatic rings. The van der Waals surface area contributed by atoms with Crippen molar-refractivity contribution in [3.8, 4) is 0 Å². The molecule has 144 valence electrons. The van der Waals surface area contributed by atoms with Gasteiger partial charge in [-0.15, -0.1) is 0 Å². The second-order valence-electron chi connectivity index (χ2n) is 7.00. The summed E-state index contributed by atoms with van der Waals surface area (Å²) in [6.07, 6.45) is 2.08. The van der Waals surface area contributed by atoms with Crippen molar-refractivity contribution in [3.05, 3.63) is 65.2 Å². The first kappa shape index (κ1) is 19.6. The van der Waals surface area contributed by atoms with Crippen LogP contribution < -0.4 is 4.72 Å². The molecule has 1 amide bonds. The monoisotopic (exact) mass is 386 g/mol. The molecule has 6 heteroatoms. The molecule has 0 unspecified atom stereocenters. The second-order valence-corrected chi connectivity index (χ2v) is 8.71. The third-order valence-corrected chi connectivity index (χ3v) is 6.49. The maximum absolute atomic E-state index is 12.8. The van der Waals surface area contributed by atoms with E-state index in [-0.39, 0.29) is 16.8 Å². The molecule has 0 spiro atoms. The number of benzene rings is 2. The number of hydrogen-bond acceptors (Lipinski definition) is 3. The van der Waals surface area contributed by atoms with Crippen molar-refractivity contribution in [2.45, 2.75) is 50.6 Å². The molecule has 1 heterocycles. The lowest BCUT2D eigenvalue weighted by atomic mass is 9.99. The van der Waals surface area contributed by atoms with Gasteiger partial charge < -0.3 is 4.90 Å². The lowest BCUT2D eigenvalue weighted by Gasteiger charge is -2.29. The van der Waals surface area contributed by atoms with Crippen LogP contribution in [0.5, 0.6) is 0 Å². The lowest BCUT2D eigenvalue weighted by Crippen LogP contribution is -2.36. The Hall–Kier alpha value is -2.18. The number of amides is 1. The molecule has 2 aromatic rings. The van der Waals surface area contributed by atoms with E-state index in [0.717, 1.165) is 23.1 Å². The molecule has 0 aliphatic carbocycles. The fourth-order valence-electron chi connectivity index (χ4n) is 3.39. The number of sulfonamides is 1. The highest BCUT2D eigenvalue weighted by Gasteiger charge is 2.23. The van der Waals surface area contributed by atoms with Crippen molar-refractivity contribution in [2.75, 3.05) is 6.54 Å². The van der Waals surface area contributed by atoms with E-state index in [1.165, 1.54) is 0 Å². The van der Waals surface area contributed by atoms with Gasteiger partial charge >= 0.3 is 0 Å². The van der Waals surface area contributed by atoms with E-state index in [0.29, 0.717) is 25.9 Å². The maximum atomic E-state index is 12.8. The van der Waals surface area contributed by atoms with Crippen LogP contribution in [0.2, 0.25) is 0 Å². The molecule has 0 radical (unpaired) electrons. The first-order valence-electron chi connectivity index (χ1n) is 9.37. The Morgan fingerprint density at radius 2 is 1.89 bits per heavy atom. The molecule has 0 saturated heterocycles. The van der Waals surface area contributed by atoms with Crippen molar-refractivity contribution in [1.29, 1.82) is 0 Å². The van der Waals surface area contributed by atoms with Crippen LogP contribution in [0.25, 0.3) is 0 Å². The Morgan fingerprint density at radius 3 is 2.59 bits per heavy atom. The fourth-order valence-corrected chi connectivity index (χ4v) is 4.67. The predicted molar refractivity (Wildman–Crippen MR) is 106 cm³/mol. The number of carbonyl (C=O) groups is 1. The second kappa shape index (κ2) is 8.23. The van der Waals surface area contributed by atoms with Crippen molar-refractivity contribution in [2.24, 2.45) is 0 Å². The number of nitrogens with zero attached hydrogens (tertiary/aromatic N) is 1. The summed E-state index contributed by atoms with van der Waals surface area (Å²) >= 11 is 0. The van der Waals surface area contributed by atoms with Gasteiger partial charge in [-0.05, 0) is 48.6 Å². The summed E-state index contributed by atoms with van der Waals surface area (Å²) in [5.74, 6) is 0.165. The SMILES string of the molecule is CCCC(=O)N1CCc2cc(S(=O)(=O)N[C@@H](C)c3ccccc3)ccc2C1. The minimum Gasteiger partial charge on any atom is -0.338 e. The van der Waals surface area contributed by atoms with Gasteiger partial charge in [0.05, 0.1) is 4.90 Å². The van der Waals surface area contributed by atoms with Crippen molar-refractivity contribution in [3.63, 3.8) is 0 Å². The van der Waals surface area contributed by atoms with E-state index in [9.17, 15) is 13.2 Å². The summed E-state index contributed by atoms with van der Waals surface area (Å²) in [5, 5.41) is 0. The largest absolute Gasteiger partial charge is 0.338 e. The highest BCUT2D eigenvalue weighted by atomic mass is 32.2. The quantitative estimate of drug-likeness (QED) is 0.827. The predicted octanol–water partition coefficient (Wildman–Crippen LogP) is 3.41. The summed E-state index contributed by atoms with van der Waals surface area (Å²) in [7, 11) is -3.61. The third-order valence-electron chi connectivity index (χ3n) is 4.95. The van der Waals surface area contributed by atoms with Crippen LogP contribution in [0.4, 0.5) is 0 Å². The van der Waals surface area contributed by atoms with Crippen molar-refractivity contribution >= 4 is 15.9 Å². The van der Waals surface area contributed by atoms with E-state index in [1.807, 2.05) is 55.1 Å². The molecule has 1 N–H and O–H groups in total. The molecule has 5 nitrogen and oxygen atoms in total. The van der Waals surface area contributed by atoms with Crippen LogP contribution in [-0.2, 0) is 27.8 Å². The third kappa shape index (κ3) is 4.57. The number of rotatable bonds is 6. The van der Waals surface area contributed by atoms with E-state index in [2.05, 4.69) is 4.72 Å². The number of fused-ring (bicyclic) bond motifs is 1. The summed E-state index contributed by atoms with van der Waals surface area (Å²) < 4.78 is 28.3. The first-order valence-corrected chi connectivity index (χ1v) is 10.9. The van der Waals surface area contributed by atoms with Crippen LogP contribution in [-0.4, -0.2) is 25.8 Å². The van der Waals surface area contributed by atoms with Gasteiger partial charge in [0.15, 0.2) is 0 Å². The molecule has 0 saturated carbocycles. The van der Waals surface area contributed by atoms with Crippen LogP contribution >= 0.6 is 0 Å². The topological polar surface area (TPSA) is 66.5 Å². The average molecular weight is 387 g/mol. The van der Waals surface area contributed by atoms with Gasteiger partial charge in [-0.1, -0.05) is 43.3 Å². The Morgan fingerprint density at radius 1 is 1.15 bits per heavy atom. The molecule has 0 aromatic heterocycles. The molecule has 0 fully saturated rings. The molecule has 0 bridgehead atoms. The molecule has 1 aliphatic heterocycles. The Bertz CT molecular complexity index is 910. The normalized spacial score (nSPS) is 15.3.